The van der Waals surface area contributed by atoms with Crippen LogP contribution in [0.4, 0.5) is 4.79 Å². The topological polar surface area (TPSA) is 198 Å². The van der Waals surface area contributed by atoms with Crippen LogP contribution in [0.3, 0.4) is 0 Å². The summed E-state index contributed by atoms with van der Waals surface area (Å²) in [4.78, 5) is 61.8. The largest absolute Gasteiger partial charge is 0.444 e. The Hall–Kier alpha value is -4.93. The summed E-state index contributed by atoms with van der Waals surface area (Å²) in [6.45, 7) is 30.7. The average molecular weight is 1240 g/mol. The van der Waals surface area contributed by atoms with Gasteiger partial charge in [-0.1, -0.05) is 146 Å². The van der Waals surface area contributed by atoms with Gasteiger partial charge in [-0.25, -0.2) is 14.2 Å². The number of aromatic nitrogens is 2. The Morgan fingerprint density at radius 1 is 0.747 bits per heavy atom. The van der Waals surface area contributed by atoms with Gasteiger partial charge in [-0.2, -0.15) is 0 Å². The highest BCUT2D eigenvalue weighted by atomic mass is 28.4. The van der Waals surface area contributed by atoms with E-state index in [1.807, 2.05) is 68.3 Å². The predicted octanol–water partition coefficient (Wildman–Crippen LogP) is 7.64. The van der Waals surface area contributed by atoms with Crippen molar-refractivity contribution >= 4 is 39.0 Å². The summed E-state index contributed by atoms with van der Waals surface area (Å²) in [6, 6.07) is 29.8. The van der Waals surface area contributed by atoms with Gasteiger partial charge in [-0.15, -0.1) is 0 Å². The van der Waals surface area contributed by atoms with Crippen molar-refractivity contribution in [2.45, 2.75) is 230 Å². The zero-order valence-corrected chi connectivity index (χ0v) is 56.1. The highest BCUT2D eigenvalue weighted by molar-refractivity contribution is 6.99. The number of hydrogen-bond acceptors (Lipinski definition) is 16. The molecule has 5 saturated heterocycles. The number of carbonyl (C=O) groups excluding carboxylic acids is 2. The van der Waals surface area contributed by atoms with Gasteiger partial charge in [0.05, 0.1) is 25.4 Å². The molecule has 87 heavy (non-hydrogen) atoms. The zero-order valence-electron chi connectivity index (χ0n) is 54.1. The number of alkyl carbamates (subject to hydrolysis) is 1. The van der Waals surface area contributed by atoms with Gasteiger partial charge >= 0.3 is 11.8 Å². The smallest absolute Gasteiger partial charge is 0.407 e. The molecule has 9 rings (SSSR count). The number of ether oxygens (including phenoxy) is 9. The molecule has 20 nitrogen and oxygen atoms in total. The van der Waals surface area contributed by atoms with Crippen molar-refractivity contribution in [3.05, 3.63) is 130 Å². The van der Waals surface area contributed by atoms with Crippen molar-refractivity contribution in [1.82, 2.24) is 24.3 Å². The van der Waals surface area contributed by atoms with Crippen molar-refractivity contribution in [3.63, 3.8) is 0 Å². The van der Waals surface area contributed by atoms with E-state index in [-0.39, 0.29) is 49.0 Å². The molecule has 5 aliphatic rings. The summed E-state index contributed by atoms with van der Waals surface area (Å²) in [7, 11) is -2.14. The summed E-state index contributed by atoms with van der Waals surface area (Å²) >= 11 is 0. The van der Waals surface area contributed by atoms with Crippen molar-refractivity contribution in [2.75, 3.05) is 33.8 Å². The van der Waals surface area contributed by atoms with E-state index in [4.69, 9.17) is 51.5 Å². The molecule has 22 heteroatoms. The molecule has 0 saturated carbocycles. The fourth-order valence-corrected chi connectivity index (χ4v) is 18.6. The fraction of sp³-hybridized carbons (Fsp3) is 0.631. The molecule has 2 amide bonds. The molecule has 478 valence electrons. The highest BCUT2D eigenvalue weighted by Crippen LogP contribution is 2.48. The molecule has 6 heterocycles. The summed E-state index contributed by atoms with van der Waals surface area (Å²) in [5, 5.41) is 4.46. The number of rotatable bonds is 20. The van der Waals surface area contributed by atoms with Crippen LogP contribution in [0, 0.1) is 0 Å². The Labute approximate surface area is 515 Å². The Kier molecular flexibility index (Phi) is 19.7. The third-order valence-corrected chi connectivity index (χ3v) is 27.7. The van der Waals surface area contributed by atoms with Gasteiger partial charge < -0.3 is 61.7 Å². The van der Waals surface area contributed by atoms with Crippen LogP contribution >= 0.6 is 0 Å². The first-order valence-electron chi connectivity index (χ1n) is 30.8. The van der Waals surface area contributed by atoms with Gasteiger partial charge in [-0.05, 0) is 93.6 Å². The van der Waals surface area contributed by atoms with Crippen molar-refractivity contribution in [2.24, 2.45) is 0 Å². The molecule has 4 aromatic rings. The maximum atomic E-state index is 16.5. The second-order valence-corrected chi connectivity index (χ2v) is 37.0. The number of carbonyl (C=O) groups is 2. The van der Waals surface area contributed by atoms with Crippen LogP contribution in [0.5, 0.6) is 0 Å². The minimum Gasteiger partial charge on any atom is -0.444 e. The van der Waals surface area contributed by atoms with E-state index in [1.165, 1.54) is 16.8 Å². The standard InChI is InChI=1S/C65H95N5O15Si2/c1-18-65(19-2)82-50-46(37-66-59(73)84-61(3,4)5)77-58(55(50)83-65)79-51(52-53-54(81-64(12,13)80-53)57(78-52)69-36-35-48(71)70(60(69)74)41-75-39-42-29-23-20-24-30-42)49-56(72)68(15)45(47(38-67(49)14)85-86(16,17)62(6,7)8)40-76-87(63(9,10)11,43-31-25-21-26-32-43)44-33-27-22-28-34-44/h20-36,45-47,49-55,57-58H,18-19,37-41H2,1-17H3,(H,66,73)/t45-,46-,47+,49+,50-,51+,52-,53-,54-,55-,57-,58+/m1/s1. The number of amides is 2. The first kappa shape index (κ1) is 66.5. The third-order valence-electron chi connectivity index (χ3n) is 18.2. The summed E-state index contributed by atoms with van der Waals surface area (Å²) < 4.78 is 78.0. The van der Waals surface area contributed by atoms with Crippen molar-refractivity contribution in [3.8, 4) is 0 Å². The first-order valence-corrected chi connectivity index (χ1v) is 35.6. The van der Waals surface area contributed by atoms with Crippen LogP contribution in [-0.4, -0.2) is 166 Å². The molecular formula is C65H95N5O15Si2. The number of fused-ring (bicyclic) bond motifs is 2. The van der Waals surface area contributed by atoms with Gasteiger partial charge in [0.25, 0.3) is 13.9 Å². The van der Waals surface area contributed by atoms with Crippen LogP contribution in [0.25, 0.3) is 0 Å². The van der Waals surface area contributed by atoms with E-state index >= 15 is 4.79 Å². The molecule has 5 fully saturated rings. The fourth-order valence-electron chi connectivity index (χ4n) is 12.7. The Morgan fingerprint density at radius 3 is 1.91 bits per heavy atom. The van der Waals surface area contributed by atoms with Crippen molar-refractivity contribution in [1.29, 1.82) is 0 Å². The Balaban J connectivity index is 1.15. The molecule has 0 bridgehead atoms. The lowest BCUT2D eigenvalue weighted by atomic mass is 9.97. The molecule has 1 N–H and O–H groups in total. The maximum absolute atomic E-state index is 16.5. The Bertz CT molecular complexity index is 3070. The second kappa shape index (κ2) is 25.8. The third kappa shape index (κ3) is 13.9. The first-order chi connectivity index (χ1) is 40.8. The van der Waals surface area contributed by atoms with Crippen LogP contribution in [0.2, 0.25) is 23.2 Å². The monoisotopic (exact) mass is 1240 g/mol. The molecular weight excluding hydrogens is 1150 g/mol. The normalized spacial score (nSPS) is 28.1. The molecule has 0 unspecified atom stereocenters. The second-order valence-electron chi connectivity index (χ2n) is 27.9. The molecule has 0 aliphatic carbocycles. The number of nitrogens with zero attached hydrogens (tertiary/aromatic N) is 4. The van der Waals surface area contributed by atoms with Crippen molar-refractivity contribution < 1.29 is 61.1 Å². The minimum atomic E-state index is -3.20. The lowest BCUT2D eigenvalue weighted by molar-refractivity contribution is -0.277. The average Bonchev–Trinajstić information content (AvgIpc) is 1.72. The summed E-state index contributed by atoms with van der Waals surface area (Å²) in [5.41, 5.74) is -1.19. The van der Waals surface area contributed by atoms with Gasteiger partial charge in [0.1, 0.15) is 61.1 Å². The van der Waals surface area contributed by atoms with Gasteiger partial charge in [0, 0.05) is 32.4 Å². The molecule has 0 radical (unpaired) electrons. The maximum Gasteiger partial charge on any atom is 0.407 e. The summed E-state index contributed by atoms with van der Waals surface area (Å²) in [5.74, 6) is -2.58. The van der Waals surface area contributed by atoms with Crippen LogP contribution < -0.4 is 26.9 Å². The molecule has 3 aromatic carbocycles. The van der Waals surface area contributed by atoms with Crippen LogP contribution in [-0.2, 0) is 69.6 Å². The van der Waals surface area contributed by atoms with E-state index in [2.05, 4.69) is 108 Å². The molecule has 0 spiro atoms. The molecule has 12 atom stereocenters. The summed E-state index contributed by atoms with van der Waals surface area (Å²) in [6.07, 6.45) is -8.12. The minimum absolute atomic E-state index is 0.0243. The van der Waals surface area contributed by atoms with Gasteiger partial charge in [0.2, 0.25) is 5.91 Å². The van der Waals surface area contributed by atoms with E-state index < -0.39 is 125 Å². The van der Waals surface area contributed by atoms with E-state index in [0.717, 1.165) is 20.5 Å². The number of benzene rings is 3. The molecule has 5 aliphatic heterocycles. The van der Waals surface area contributed by atoms with Gasteiger partial charge in [-0.3, -0.25) is 19.1 Å². The number of nitrogens with one attached hydrogen (secondary N) is 1. The SMILES string of the molecule is CCC1(CC)O[C@H]2[C@H](O[C@H]([C@H]3O[C@@H](n4ccc(=O)n(COCc5ccccc5)c4=O)[C@@H]4OC(C)(C)O[C@H]34)[C@H]3C(=O)N(C)[C@H](CO[Si](c4ccccc4)(c4ccccc4)C(C)(C)C)[C@@H](O[Si](C)(C)C(C)(C)C)CN3C)O[C@H](CNC(=O)OC(C)(C)C)[C@H]2O1. The predicted molar refractivity (Wildman–Crippen MR) is 333 cm³/mol. The van der Waals surface area contributed by atoms with Crippen LogP contribution in [0.15, 0.2) is 113 Å². The zero-order chi connectivity index (χ0) is 63.2. The van der Waals surface area contributed by atoms with E-state index in [9.17, 15) is 14.4 Å². The highest BCUT2D eigenvalue weighted by Gasteiger charge is 2.64. The quantitative estimate of drug-likeness (QED) is 0.0846. The number of likely N-dealkylation sites (N-methyl/N-ethyl adjacent to an activating group) is 2. The van der Waals surface area contributed by atoms with Gasteiger partial charge in [0.15, 0.2) is 32.4 Å². The molecule has 1 aromatic heterocycles. The van der Waals surface area contributed by atoms with E-state index in [1.54, 1.807) is 46.6 Å². The Morgan fingerprint density at radius 2 is 1.33 bits per heavy atom. The van der Waals surface area contributed by atoms with Crippen LogP contribution in [0.1, 0.15) is 115 Å². The lowest BCUT2D eigenvalue weighted by Crippen LogP contribution is -2.68. The van der Waals surface area contributed by atoms with E-state index in [0.29, 0.717) is 12.8 Å². The lowest BCUT2D eigenvalue weighted by Gasteiger charge is -2.46. The number of hydrogen-bond donors (Lipinski definition) is 1.